The molecule has 0 radical (unpaired) electrons. The van der Waals surface area contributed by atoms with Gasteiger partial charge in [-0.1, -0.05) is 13.0 Å². The van der Waals surface area contributed by atoms with Gasteiger partial charge in [0.2, 0.25) is 5.95 Å². The second kappa shape index (κ2) is 6.51. The standard InChI is InChI=1S/C18H20N6O/c1-2-14-16(24-9-4-3-6-15(24)21-14)17(25)22-10-12-23(13-11-22)18-19-7-5-8-20-18/h3-9H,2,10-13H2,1H3. The molecule has 0 aromatic carbocycles. The van der Waals surface area contributed by atoms with Crippen molar-refractivity contribution in [3.8, 4) is 0 Å². The van der Waals surface area contributed by atoms with Gasteiger partial charge in [0.25, 0.3) is 5.91 Å². The molecular weight excluding hydrogens is 316 g/mol. The van der Waals surface area contributed by atoms with Crippen LogP contribution in [0.25, 0.3) is 5.65 Å². The lowest BCUT2D eigenvalue weighted by atomic mass is 10.2. The molecule has 0 saturated carbocycles. The maximum atomic E-state index is 13.1. The fraction of sp³-hybridized carbons (Fsp3) is 0.333. The second-order valence-electron chi connectivity index (χ2n) is 6.02. The predicted molar refractivity (Wildman–Crippen MR) is 94.7 cm³/mol. The number of fused-ring (bicyclic) bond motifs is 1. The summed E-state index contributed by atoms with van der Waals surface area (Å²) in [4.78, 5) is 30.3. The average Bonchev–Trinajstić information content (AvgIpc) is 3.07. The van der Waals surface area contributed by atoms with Crippen LogP contribution in [-0.4, -0.2) is 56.3 Å². The Morgan fingerprint density at radius 2 is 1.84 bits per heavy atom. The topological polar surface area (TPSA) is 66.6 Å². The third-order valence-electron chi connectivity index (χ3n) is 4.54. The van der Waals surface area contributed by atoms with Crippen molar-refractivity contribution in [2.75, 3.05) is 31.1 Å². The Labute approximate surface area is 145 Å². The quantitative estimate of drug-likeness (QED) is 0.727. The number of anilines is 1. The van der Waals surface area contributed by atoms with Crippen molar-refractivity contribution >= 4 is 17.5 Å². The van der Waals surface area contributed by atoms with Crippen molar-refractivity contribution in [1.29, 1.82) is 0 Å². The van der Waals surface area contributed by atoms with Crippen LogP contribution >= 0.6 is 0 Å². The molecule has 0 unspecified atom stereocenters. The SMILES string of the molecule is CCc1nc2ccccn2c1C(=O)N1CCN(c2ncccn2)CC1. The molecule has 25 heavy (non-hydrogen) atoms. The molecule has 1 amide bonds. The average molecular weight is 336 g/mol. The van der Waals surface area contributed by atoms with E-state index in [2.05, 4.69) is 19.9 Å². The number of aryl methyl sites for hydroxylation is 1. The summed E-state index contributed by atoms with van der Waals surface area (Å²) in [7, 11) is 0. The van der Waals surface area contributed by atoms with Crippen LogP contribution in [0.5, 0.6) is 0 Å². The van der Waals surface area contributed by atoms with Crippen LogP contribution in [0.15, 0.2) is 42.9 Å². The molecule has 0 spiro atoms. The molecule has 4 heterocycles. The van der Waals surface area contributed by atoms with E-state index >= 15 is 0 Å². The van der Waals surface area contributed by atoms with Crippen LogP contribution in [0.4, 0.5) is 5.95 Å². The van der Waals surface area contributed by atoms with E-state index in [1.807, 2.05) is 40.6 Å². The molecule has 1 saturated heterocycles. The van der Waals surface area contributed by atoms with Gasteiger partial charge in [0, 0.05) is 44.8 Å². The summed E-state index contributed by atoms with van der Waals surface area (Å²) < 4.78 is 1.90. The molecule has 4 rings (SSSR count). The van der Waals surface area contributed by atoms with Crippen molar-refractivity contribution in [3.63, 3.8) is 0 Å². The summed E-state index contributed by atoms with van der Waals surface area (Å²) in [6.45, 7) is 4.80. The first-order chi connectivity index (χ1) is 12.3. The number of hydrogen-bond donors (Lipinski definition) is 0. The fourth-order valence-corrected chi connectivity index (χ4v) is 3.23. The Balaban J connectivity index is 1.55. The number of piperazine rings is 1. The highest BCUT2D eigenvalue weighted by molar-refractivity contribution is 5.95. The first kappa shape index (κ1) is 15.6. The van der Waals surface area contributed by atoms with Gasteiger partial charge in [-0.25, -0.2) is 15.0 Å². The van der Waals surface area contributed by atoms with Crippen LogP contribution in [0, 0.1) is 0 Å². The third kappa shape index (κ3) is 2.82. The normalized spacial score (nSPS) is 14.9. The van der Waals surface area contributed by atoms with Crippen molar-refractivity contribution in [2.45, 2.75) is 13.3 Å². The van der Waals surface area contributed by atoms with Crippen LogP contribution in [0.2, 0.25) is 0 Å². The molecule has 0 aliphatic carbocycles. The summed E-state index contributed by atoms with van der Waals surface area (Å²) in [6.07, 6.45) is 6.13. The molecule has 128 valence electrons. The number of amides is 1. The van der Waals surface area contributed by atoms with Gasteiger partial charge in [0.05, 0.1) is 5.69 Å². The summed E-state index contributed by atoms with van der Waals surface area (Å²) in [5.74, 6) is 0.767. The van der Waals surface area contributed by atoms with Crippen molar-refractivity contribution in [3.05, 3.63) is 54.2 Å². The van der Waals surface area contributed by atoms with E-state index in [1.165, 1.54) is 0 Å². The van der Waals surface area contributed by atoms with E-state index in [4.69, 9.17) is 0 Å². The summed E-state index contributed by atoms with van der Waals surface area (Å²) >= 11 is 0. The molecule has 3 aromatic heterocycles. The molecule has 0 atom stereocenters. The zero-order chi connectivity index (χ0) is 17.2. The molecule has 3 aromatic rings. The Kier molecular flexibility index (Phi) is 4.05. The fourth-order valence-electron chi connectivity index (χ4n) is 3.23. The van der Waals surface area contributed by atoms with Gasteiger partial charge in [0.1, 0.15) is 11.3 Å². The number of hydrogen-bond acceptors (Lipinski definition) is 5. The molecule has 0 N–H and O–H groups in total. The Morgan fingerprint density at radius 1 is 1.08 bits per heavy atom. The van der Waals surface area contributed by atoms with Crippen molar-refractivity contribution < 1.29 is 4.79 Å². The lowest BCUT2D eigenvalue weighted by Crippen LogP contribution is -2.49. The van der Waals surface area contributed by atoms with Crippen LogP contribution in [-0.2, 0) is 6.42 Å². The zero-order valence-corrected chi connectivity index (χ0v) is 14.2. The minimum atomic E-state index is 0.0455. The van der Waals surface area contributed by atoms with E-state index in [9.17, 15) is 4.79 Å². The molecule has 7 heteroatoms. The molecule has 1 fully saturated rings. The summed E-state index contributed by atoms with van der Waals surface area (Å²) in [6, 6.07) is 7.60. The minimum absolute atomic E-state index is 0.0455. The largest absolute Gasteiger partial charge is 0.337 e. The number of carbonyl (C=O) groups excluding carboxylic acids is 1. The molecular formula is C18H20N6O. The van der Waals surface area contributed by atoms with Gasteiger partial charge >= 0.3 is 0 Å². The summed E-state index contributed by atoms with van der Waals surface area (Å²) in [5, 5.41) is 0. The minimum Gasteiger partial charge on any atom is -0.337 e. The second-order valence-corrected chi connectivity index (χ2v) is 6.02. The van der Waals surface area contributed by atoms with E-state index in [1.54, 1.807) is 18.5 Å². The van der Waals surface area contributed by atoms with Crippen molar-refractivity contribution in [1.82, 2.24) is 24.3 Å². The van der Waals surface area contributed by atoms with E-state index < -0.39 is 0 Å². The molecule has 1 aliphatic heterocycles. The maximum absolute atomic E-state index is 13.1. The highest BCUT2D eigenvalue weighted by Crippen LogP contribution is 2.18. The lowest BCUT2D eigenvalue weighted by Gasteiger charge is -2.34. The molecule has 0 bridgehead atoms. The van der Waals surface area contributed by atoms with Gasteiger partial charge in [-0.3, -0.25) is 9.20 Å². The zero-order valence-electron chi connectivity index (χ0n) is 14.2. The van der Waals surface area contributed by atoms with Gasteiger partial charge in [-0.2, -0.15) is 0 Å². The van der Waals surface area contributed by atoms with Crippen molar-refractivity contribution in [2.24, 2.45) is 0 Å². The Morgan fingerprint density at radius 3 is 2.56 bits per heavy atom. The highest BCUT2D eigenvalue weighted by Gasteiger charge is 2.27. The van der Waals surface area contributed by atoms with Gasteiger partial charge in [-0.15, -0.1) is 0 Å². The monoisotopic (exact) mass is 336 g/mol. The van der Waals surface area contributed by atoms with Crippen LogP contribution in [0.3, 0.4) is 0 Å². The van der Waals surface area contributed by atoms with E-state index in [0.29, 0.717) is 18.8 Å². The van der Waals surface area contributed by atoms with Gasteiger partial charge < -0.3 is 9.80 Å². The number of aromatic nitrogens is 4. The van der Waals surface area contributed by atoms with E-state index in [0.717, 1.165) is 36.8 Å². The summed E-state index contributed by atoms with van der Waals surface area (Å²) in [5.41, 5.74) is 2.35. The number of carbonyl (C=O) groups is 1. The maximum Gasteiger partial charge on any atom is 0.272 e. The van der Waals surface area contributed by atoms with E-state index in [-0.39, 0.29) is 5.91 Å². The lowest BCUT2D eigenvalue weighted by molar-refractivity contribution is 0.0738. The number of pyridine rings is 1. The Bertz CT molecular complexity index is 883. The predicted octanol–water partition coefficient (Wildman–Crippen LogP) is 1.65. The van der Waals surface area contributed by atoms with Crippen LogP contribution < -0.4 is 4.90 Å². The van der Waals surface area contributed by atoms with Gasteiger partial charge in [0.15, 0.2) is 0 Å². The number of imidazole rings is 1. The Hall–Kier alpha value is -2.96. The first-order valence-corrected chi connectivity index (χ1v) is 8.55. The first-order valence-electron chi connectivity index (χ1n) is 8.55. The van der Waals surface area contributed by atoms with Gasteiger partial charge in [-0.05, 0) is 24.6 Å². The third-order valence-corrected chi connectivity index (χ3v) is 4.54. The smallest absolute Gasteiger partial charge is 0.272 e. The van der Waals surface area contributed by atoms with Crippen LogP contribution in [0.1, 0.15) is 23.1 Å². The highest BCUT2D eigenvalue weighted by atomic mass is 16.2. The number of rotatable bonds is 3. The molecule has 7 nitrogen and oxygen atoms in total. The number of nitrogens with zero attached hydrogens (tertiary/aromatic N) is 6. The molecule has 1 aliphatic rings.